The lowest BCUT2D eigenvalue weighted by Gasteiger charge is -2.31. The molecule has 0 spiro atoms. The molecule has 1 fully saturated rings. The zero-order valence-corrected chi connectivity index (χ0v) is 18.4. The predicted octanol–water partition coefficient (Wildman–Crippen LogP) is 3.37. The minimum atomic E-state index is -0.491. The van der Waals surface area contributed by atoms with E-state index in [-0.39, 0.29) is 35.9 Å². The molecule has 1 N–H and O–H groups in total. The Bertz CT molecular complexity index is 916. The standard InChI is InChI=1S/C25H30F2N2O3/c1-18(8-9-19-4-2-6-22(26)15-19)24(30)28-17-21(14-20-5-3-7-23(27)16-20)25(31)29-10-12-32-13-11-29/h2-7,15-16,18,21H,8-14,17H2,1H3,(H,28,30)/t18-,21+/m0/s1. The fourth-order valence-electron chi connectivity index (χ4n) is 3.84. The first-order valence-electron chi connectivity index (χ1n) is 11.1. The van der Waals surface area contributed by atoms with E-state index >= 15 is 0 Å². The molecule has 0 unspecified atom stereocenters. The van der Waals surface area contributed by atoms with Crippen LogP contribution in [0.4, 0.5) is 8.78 Å². The van der Waals surface area contributed by atoms with Gasteiger partial charge in [0.15, 0.2) is 0 Å². The summed E-state index contributed by atoms with van der Waals surface area (Å²) in [5.74, 6) is -1.64. The van der Waals surface area contributed by atoms with Crippen molar-refractivity contribution in [1.82, 2.24) is 10.2 Å². The van der Waals surface area contributed by atoms with Crippen LogP contribution in [-0.4, -0.2) is 49.6 Å². The number of nitrogens with one attached hydrogen (secondary N) is 1. The highest BCUT2D eigenvalue weighted by atomic mass is 19.1. The molecular formula is C25H30F2N2O3. The van der Waals surface area contributed by atoms with Crippen molar-refractivity contribution in [2.24, 2.45) is 11.8 Å². The largest absolute Gasteiger partial charge is 0.378 e. The summed E-state index contributed by atoms with van der Waals surface area (Å²) in [5.41, 5.74) is 1.56. The zero-order chi connectivity index (χ0) is 22.9. The zero-order valence-electron chi connectivity index (χ0n) is 18.4. The Morgan fingerprint density at radius 2 is 1.66 bits per heavy atom. The Kier molecular flexibility index (Phi) is 8.73. The van der Waals surface area contributed by atoms with E-state index in [0.717, 1.165) is 5.56 Å². The summed E-state index contributed by atoms with van der Waals surface area (Å²) in [6, 6.07) is 12.5. The van der Waals surface area contributed by atoms with E-state index in [1.54, 1.807) is 23.1 Å². The molecule has 1 aliphatic heterocycles. The van der Waals surface area contributed by atoms with Gasteiger partial charge in [-0.05, 0) is 54.7 Å². The maximum atomic E-state index is 13.6. The van der Waals surface area contributed by atoms with Crippen LogP contribution in [0.5, 0.6) is 0 Å². The third-order valence-corrected chi connectivity index (χ3v) is 5.77. The molecule has 1 saturated heterocycles. The van der Waals surface area contributed by atoms with Gasteiger partial charge in [0.2, 0.25) is 11.8 Å². The van der Waals surface area contributed by atoms with Crippen LogP contribution < -0.4 is 5.32 Å². The van der Waals surface area contributed by atoms with Gasteiger partial charge in [-0.15, -0.1) is 0 Å². The maximum absolute atomic E-state index is 13.6. The average Bonchev–Trinajstić information content (AvgIpc) is 2.80. The second kappa shape index (κ2) is 11.7. The van der Waals surface area contributed by atoms with Gasteiger partial charge in [0.1, 0.15) is 11.6 Å². The average molecular weight is 445 g/mol. The van der Waals surface area contributed by atoms with Crippen molar-refractivity contribution in [1.29, 1.82) is 0 Å². The first-order valence-corrected chi connectivity index (χ1v) is 11.1. The van der Waals surface area contributed by atoms with E-state index in [9.17, 15) is 18.4 Å². The molecule has 2 aromatic carbocycles. The fraction of sp³-hybridized carbons (Fsp3) is 0.440. The van der Waals surface area contributed by atoms with Gasteiger partial charge in [0.05, 0.1) is 19.1 Å². The number of halogens is 2. The fourth-order valence-corrected chi connectivity index (χ4v) is 3.84. The number of rotatable bonds is 9. The van der Waals surface area contributed by atoms with Gasteiger partial charge in [-0.1, -0.05) is 31.2 Å². The highest BCUT2D eigenvalue weighted by Crippen LogP contribution is 2.16. The number of carbonyl (C=O) groups is 2. The van der Waals surface area contributed by atoms with Crippen molar-refractivity contribution in [2.45, 2.75) is 26.2 Å². The Balaban J connectivity index is 1.58. The first-order chi connectivity index (χ1) is 15.4. The normalized spacial score (nSPS) is 15.8. The molecule has 2 amide bonds. The second-order valence-electron chi connectivity index (χ2n) is 8.28. The molecular weight excluding hydrogens is 414 g/mol. The quantitative estimate of drug-likeness (QED) is 0.645. The van der Waals surface area contributed by atoms with Crippen molar-refractivity contribution in [3.05, 3.63) is 71.3 Å². The number of hydrogen-bond donors (Lipinski definition) is 1. The highest BCUT2D eigenvalue weighted by molar-refractivity contribution is 5.82. The van der Waals surface area contributed by atoms with Crippen LogP contribution in [-0.2, 0) is 27.2 Å². The molecule has 3 rings (SSSR count). The Labute approximate surface area is 187 Å². The van der Waals surface area contributed by atoms with Crippen LogP contribution in [0.15, 0.2) is 48.5 Å². The molecule has 0 saturated carbocycles. The SMILES string of the molecule is C[C@@H](CCc1cccc(F)c1)C(=O)NC[C@@H](Cc1cccc(F)c1)C(=O)N1CCOCC1. The minimum Gasteiger partial charge on any atom is -0.378 e. The molecule has 0 bridgehead atoms. The number of nitrogens with zero attached hydrogens (tertiary/aromatic N) is 1. The number of ether oxygens (including phenoxy) is 1. The van der Waals surface area contributed by atoms with Gasteiger partial charge < -0.3 is 15.0 Å². The van der Waals surface area contributed by atoms with E-state index in [1.807, 2.05) is 13.0 Å². The number of hydrogen-bond acceptors (Lipinski definition) is 3. The topological polar surface area (TPSA) is 58.6 Å². The molecule has 172 valence electrons. The molecule has 1 aliphatic rings. The van der Waals surface area contributed by atoms with Gasteiger partial charge >= 0.3 is 0 Å². The summed E-state index contributed by atoms with van der Waals surface area (Å²) in [5, 5.41) is 2.90. The summed E-state index contributed by atoms with van der Waals surface area (Å²) in [7, 11) is 0. The summed E-state index contributed by atoms with van der Waals surface area (Å²) >= 11 is 0. The van der Waals surface area contributed by atoms with Crippen LogP contribution >= 0.6 is 0 Å². The first kappa shape index (κ1) is 23.9. The Morgan fingerprint density at radius 3 is 2.31 bits per heavy atom. The van der Waals surface area contributed by atoms with E-state index in [2.05, 4.69) is 5.32 Å². The van der Waals surface area contributed by atoms with Crippen molar-refractivity contribution < 1.29 is 23.1 Å². The maximum Gasteiger partial charge on any atom is 0.227 e. The van der Waals surface area contributed by atoms with Crippen LogP contribution in [0.2, 0.25) is 0 Å². The van der Waals surface area contributed by atoms with Crippen LogP contribution in [0.1, 0.15) is 24.5 Å². The Hall–Kier alpha value is -2.80. The lowest BCUT2D eigenvalue weighted by Crippen LogP contribution is -2.47. The van der Waals surface area contributed by atoms with Gasteiger partial charge in [-0.3, -0.25) is 9.59 Å². The monoisotopic (exact) mass is 444 g/mol. The molecule has 32 heavy (non-hydrogen) atoms. The summed E-state index contributed by atoms with van der Waals surface area (Å²) in [4.78, 5) is 27.5. The summed E-state index contributed by atoms with van der Waals surface area (Å²) in [6.07, 6.45) is 1.50. The minimum absolute atomic E-state index is 0.0646. The lowest BCUT2D eigenvalue weighted by atomic mass is 9.96. The van der Waals surface area contributed by atoms with Crippen LogP contribution in [0.3, 0.4) is 0 Å². The van der Waals surface area contributed by atoms with E-state index in [0.29, 0.717) is 51.1 Å². The predicted molar refractivity (Wildman–Crippen MR) is 118 cm³/mol. The van der Waals surface area contributed by atoms with Crippen molar-refractivity contribution in [2.75, 3.05) is 32.8 Å². The van der Waals surface area contributed by atoms with Gasteiger partial charge in [-0.25, -0.2) is 8.78 Å². The van der Waals surface area contributed by atoms with Crippen LogP contribution in [0, 0.1) is 23.5 Å². The van der Waals surface area contributed by atoms with Gasteiger partial charge in [0, 0.05) is 25.6 Å². The van der Waals surface area contributed by atoms with E-state index < -0.39 is 5.92 Å². The molecule has 1 heterocycles. The molecule has 2 aromatic rings. The Morgan fingerprint density at radius 1 is 1.03 bits per heavy atom. The molecule has 5 nitrogen and oxygen atoms in total. The molecule has 7 heteroatoms. The van der Waals surface area contributed by atoms with Gasteiger partial charge in [-0.2, -0.15) is 0 Å². The smallest absolute Gasteiger partial charge is 0.227 e. The second-order valence-corrected chi connectivity index (χ2v) is 8.28. The van der Waals surface area contributed by atoms with Crippen molar-refractivity contribution >= 4 is 11.8 Å². The summed E-state index contributed by atoms with van der Waals surface area (Å²) < 4.78 is 32.3. The van der Waals surface area contributed by atoms with Crippen molar-refractivity contribution in [3.63, 3.8) is 0 Å². The molecule has 0 radical (unpaired) electrons. The van der Waals surface area contributed by atoms with Gasteiger partial charge in [0.25, 0.3) is 0 Å². The molecule has 2 atom stereocenters. The lowest BCUT2D eigenvalue weighted by molar-refractivity contribution is -0.139. The number of amides is 2. The number of benzene rings is 2. The summed E-state index contributed by atoms with van der Waals surface area (Å²) in [6.45, 7) is 3.99. The highest BCUT2D eigenvalue weighted by Gasteiger charge is 2.27. The number of carbonyl (C=O) groups excluding carboxylic acids is 2. The van der Waals surface area contributed by atoms with Crippen molar-refractivity contribution in [3.8, 4) is 0 Å². The van der Waals surface area contributed by atoms with Crippen LogP contribution in [0.25, 0.3) is 0 Å². The number of aryl methyl sites for hydroxylation is 1. The van der Waals surface area contributed by atoms with E-state index in [1.165, 1.54) is 24.3 Å². The third-order valence-electron chi connectivity index (χ3n) is 5.77. The number of morpholine rings is 1. The molecule has 0 aromatic heterocycles. The third kappa shape index (κ3) is 7.12. The van der Waals surface area contributed by atoms with E-state index in [4.69, 9.17) is 4.74 Å². The molecule has 0 aliphatic carbocycles.